The lowest BCUT2D eigenvalue weighted by atomic mass is 10.0. The average Bonchev–Trinajstić information content (AvgIpc) is 3.57. The van der Waals surface area contributed by atoms with E-state index in [0.29, 0.717) is 45.8 Å². The van der Waals surface area contributed by atoms with Crippen LogP contribution in [0.2, 0.25) is 10.0 Å². The summed E-state index contributed by atoms with van der Waals surface area (Å²) in [6, 6.07) is 26.3. The number of aromatic nitrogens is 2. The Kier molecular flexibility index (Phi) is 8.83. The van der Waals surface area contributed by atoms with E-state index in [1.54, 1.807) is 13.8 Å². The Morgan fingerprint density at radius 3 is 1.44 bits per heavy atom. The molecule has 6 rings (SSSR count). The van der Waals surface area contributed by atoms with Crippen molar-refractivity contribution < 1.29 is 23.8 Å². The highest BCUT2D eigenvalue weighted by atomic mass is 35.5. The number of rotatable bonds is 10. The first-order chi connectivity index (χ1) is 21.9. The first-order valence-corrected chi connectivity index (χ1v) is 15.4. The van der Waals surface area contributed by atoms with Gasteiger partial charge in [-0.15, -0.1) is 0 Å². The Morgan fingerprint density at radius 2 is 1.04 bits per heavy atom. The van der Waals surface area contributed by atoms with Gasteiger partial charge in [-0.2, -0.15) is 0 Å². The van der Waals surface area contributed by atoms with Crippen LogP contribution in [0.3, 0.4) is 0 Å². The molecule has 0 fully saturated rings. The summed E-state index contributed by atoms with van der Waals surface area (Å²) in [6.07, 6.45) is 0.850. The zero-order valence-corrected chi connectivity index (χ0v) is 26.2. The van der Waals surface area contributed by atoms with Crippen molar-refractivity contribution in [3.8, 4) is 11.5 Å². The lowest BCUT2D eigenvalue weighted by Gasteiger charge is -2.09. The number of aromatic amines is 2. The number of ether oxygens (including phenoxy) is 3. The molecule has 0 aliphatic carbocycles. The van der Waals surface area contributed by atoms with E-state index in [-0.39, 0.29) is 13.2 Å². The molecule has 0 saturated carbocycles. The van der Waals surface area contributed by atoms with Crippen LogP contribution in [0.1, 0.15) is 57.1 Å². The van der Waals surface area contributed by atoms with Gasteiger partial charge in [0.25, 0.3) is 0 Å². The molecule has 0 atom stereocenters. The molecule has 2 heterocycles. The molecule has 2 aromatic heterocycles. The average molecular weight is 642 g/mol. The molecular weight excluding hydrogens is 611 g/mol. The van der Waals surface area contributed by atoms with Crippen LogP contribution in [-0.4, -0.2) is 35.1 Å². The zero-order chi connectivity index (χ0) is 31.5. The lowest BCUT2D eigenvalue weighted by Crippen LogP contribution is -2.08. The van der Waals surface area contributed by atoms with Gasteiger partial charge in [-0.05, 0) is 84.6 Å². The quantitative estimate of drug-likeness (QED) is 0.146. The Hall–Kier alpha value is -4.72. The molecule has 6 aromatic rings. The number of carbonyl (C=O) groups excluding carboxylic acids is 2. The zero-order valence-electron chi connectivity index (χ0n) is 24.7. The number of halogens is 2. The molecule has 0 saturated heterocycles. The molecule has 9 heteroatoms. The van der Waals surface area contributed by atoms with E-state index in [1.807, 2.05) is 84.9 Å². The van der Waals surface area contributed by atoms with E-state index in [9.17, 15) is 9.59 Å². The SMILES string of the molecule is CCOC(=O)c1[nH]c2ccc(Oc3ccc4[nH]c(C(=O)OCC)c(Cc5ccccc5Cl)c4c3)cc2c1Cc1ccccc1Cl. The maximum Gasteiger partial charge on any atom is 0.355 e. The molecule has 7 nitrogen and oxygen atoms in total. The summed E-state index contributed by atoms with van der Waals surface area (Å²) in [5.41, 5.74) is 5.62. The molecule has 228 valence electrons. The predicted octanol–water partition coefficient (Wildman–Crippen LogP) is 9.28. The third kappa shape index (κ3) is 6.27. The molecule has 0 aliphatic rings. The first-order valence-electron chi connectivity index (χ1n) is 14.6. The van der Waals surface area contributed by atoms with Crippen LogP contribution in [0.5, 0.6) is 11.5 Å². The number of carbonyl (C=O) groups is 2. The number of nitrogens with one attached hydrogen (secondary N) is 2. The highest BCUT2D eigenvalue weighted by Crippen LogP contribution is 2.35. The summed E-state index contributed by atoms with van der Waals surface area (Å²) in [4.78, 5) is 32.3. The normalized spacial score (nSPS) is 11.2. The molecule has 45 heavy (non-hydrogen) atoms. The molecule has 0 bridgehead atoms. The van der Waals surface area contributed by atoms with Crippen LogP contribution in [0.25, 0.3) is 21.8 Å². The van der Waals surface area contributed by atoms with Crippen molar-refractivity contribution in [2.45, 2.75) is 26.7 Å². The minimum atomic E-state index is -0.431. The van der Waals surface area contributed by atoms with Crippen LogP contribution in [0.4, 0.5) is 0 Å². The lowest BCUT2D eigenvalue weighted by molar-refractivity contribution is 0.0510. The molecule has 0 aliphatic heterocycles. The van der Waals surface area contributed by atoms with E-state index in [4.69, 9.17) is 37.4 Å². The van der Waals surface area contributed by atoms with Crippen LogP contribution >= 0.6 is 23.2 Å². The minimum absolute atomic E-state index is 0.256. The van der Waals surface area contributed by atoms with Crippen LogP contribution in [0.15, 0.2) is 84.9 Å². The fourth-order valence-corrected chi connectivity index (χ4v) is 5.91. The number of esters is 2. The number of hydrogen-bond acceptors (Lipinski definition) is 5. The van der Waals surface area contributed by atoms with E-state index in [0.717, 1.165) is 44.1 Å². The molecule has 0 unspecified atom stereocenters. The Labute approximate surface area is 270 Å². The smallest absolute Gasteiger partial charge is 0.355 e. The molecular formula is C36H30Cl2N2O5. The second-order valence-electron chi connectivity index (χ2n) is 10.5. The minimum Gasteiger partial charge on any atom is -0.461 e. The Balaban J connectivity index is 1.40. The number of H-pyrrole nitrogens is 2. The summed E-state index contributed by atoms with van der Waals surface area (Å²) in [5, 5.41) is 2.87. The van der Waals surface area contributed by atoms with E-state index >= 15 is 0 Å². The number of hydrogen-bond donors (Lipinski definition) is 2. The van der Waals surface area contributed by atoms with Gasteiger partial charge in [0.05, 0.1) is 13.2 Å². The van der Waals surface area contributed by atoms with E-state index < -0.39 is 11.9 Å². The first kappa shape index (κ1) is 30.3. The monoisotopic (exact) mass is 640 g/mol. The summed E-state index contributed by atoms with van der Waals surface area (Å²) in [7, 11) is 0. The van der Waals surface area contributed by atoms with Gasteiger partial charge in [-0.3, -0.25) is 0 Å². The van der Waals surface area contributed by atoms with Gasteiger partial charge in [0.2, 0.25) is 0 Å². The Morgan fingerprint density at radius 1 is 0.622 bits per heavy atom. The highest BCUT2D eigenvalue weighted by molar-refractivity contribution is 6.31. The summed E-state index contributed by atoms with van der Waals surface area (Å²) >= 11 is 13.0. The predicted molar refractivity (Wildman–Crippen MR) is 177 cm³/mol. The van der Waals surface area contributed by atoms with E-state index in [1.165, 1.54) is 0 Å². The van der Waals surface area contributed by atoms with Crippen LogP contribution < -0.4 is 4.74 Å². The van der Waals surface area contributed by atoms with Gasteiger partial charge in [0.15, 0.2) is 0 Å². The third-order valence-corrected chi connectivity index (χ3v) is 8.34. The standard InChI is InChI=1S/C36H30Cl2N2O5/c1-3-43-35(41)33-27(17-21-9-5-7-11-29(21)37)25-19-23(13-15-31(25)39-33)45-24-14-16-32-26(20-24)28(34(40-32)36(42)44-4-2)18-22-10-6-8-12-30(22)38/h5-16,19-20,39-40H,3-4,17-18H2,1-2H3. The van der Waals surface area contributed by atoms with Crippen molar-refractivity contribution in [2.75, 3.05) is 13.2 Å². The van der Waals surface area contributed by atoms with Crippen molar-refractivity contribution >= 4 is 56.9 Å². The molecule has 4 aromatic carbocycles. The second-order valence-corrected chi connectivity index (χ2v) is 11.3. The van der Waals surface area contributed by atoms with Crippen molar-refractivity contribution in [3.63, 3.8) is 0 Å². The fourth-order valence-electron chi connectivity index (χ4n) is 5.50. The van der Waals surface area contributed by atoms with Crippen LogP contribution in [0, 0.1) is 0 Å². The molecule has 0 spiro atoms. The van der Waals surface area contributed by atoms with Crippen molar-refractivity contribution in [2.24, 2.45) is 0 Å². The Bertz CT molecular complexity index is 1900. The van der Waals surface area contributed by atoms with Crippen molar-refractivity contribution in [1.29, 1.82) is 0 Å². The van der Waals surface area contributed by atoms with Gasteiger partial charge >= 0.3 is 11.9 Å². The summed E-state index contributed by atoms with van der Waals surface area (Å²) < 4.78 is 17.1. The maximum atomic E-state index is 12.9. The number of fused-ring (bicyclic) bond motifs is 2. The summed E-state index contributed by atoms with van der Waals surface area (Å²) in [6.45, 7) is 4.06. The highest BCUT2D eigenvalue weighted by Gasteiger charge is 2.22. The van der Waals surface area contributed by atoms with Gasteiger partial charge in [-0.1, -0.05) is 59.6 Å². The van der Waals surface area contributed by atoms with Gasteiger partial charge in [0, 0.05) is 44.7 Å². The van der Waals surface area contributed by atoms with Gasteiger partial charge in [-0.25, -0.2) is 9.59 Å². The second kappa shape index (κ2) is 13.1. The maximum absolute atomic E-state index is 12.9. The van der Waals surface area contributed by atoms with Gasteiger partial charge < -0.3 is 24.2 Å². The topological polar surface area (TPSA) is 93.4 Å². The fraction of sp³-hybridized carbons (Fsp3) is 0.167. The van der Waals surface area contributed by atoms with Crippen LogP contribution in [-0.2, 0) is 22.3 Å². The summed E-state index contributed by atoms with van der Waals surface area (Å²) in [5.74, 6) is 0.287. The molecule has 0 amide bonds. The van der Waals surface area contributed by atoms with Gasteiger partial charge in [0.1, 0.15) is 22.9 Å². The van der Waals surface area contributed by atoms with E-state index in [2.05, 4.69) is 9.97 Å². The molecule has 0 radical (unpaired) electrons. The third-order valence-electron chi connectivity index (χ3n) is 7.60. The largest absolute Gasteiger partial charge is 0.461 e. The molecule has 2 N–H and O–H groups in total. The van der Waals surface area contributed by atoms with Crippen molar-refractivity contribution in [3.05, 3.63) is 129 Å². The number of benzene rings is 4. The van der Waals surface area contributed by atoms with Crippen molar-refractivity contribution in [1.82, 2.24) is 9.97 Å².